The third kappa shape index (κ3) is 3.96. The second-order valence-corrected chi connectivity index (χ2v) is 10.1. The Balaban J connectivity index is 1.86. The topological polar surface area (TPSA) is 57.7 Å². The third-order valence-corrected chi connectivity index (χ3v) is 7.29. The van der Waals surface area contributed by atoms with E-state index in [0.29, 0.717) is 12.5 Å². The number of nitrogens with zero attached hydrogens (tertiary/aromatic N) is 2. The molecule has 2 aliphatic rings. The quantitative estimate of drug-likeness (QED) is 0.714. The van der Waals surface area contributed by atoms with Gasteiger partial charge in [-0.3, -0.25) is 9.69 Å². The van der Waals surface area contributed by atoms with Gasteiger partial charge >= 0.3 is 0 Å². The molecule has 5 nitrogen and oxygen atoms in total. The Morgan fingerprint density at radius 1 is 1.08 bits per heavy atom. The summed E-state index contributed by atoms with van der Waals surface area (Å²) >= 11 is 0. The fourth-order valence-corrected chi connectivity index (χ4v) is 6.10. The van der Waals surface area contributed by atoms with E-state index in [1.165, 1.54) is 5.56 Å². The van der Waals surface area contributed by atoms with E-state index in [-0.39, 0.29) is 29.5 Å². The molecular weight excluding hydrogens is 348 g/mol. The molecule has 0 N–H and O–H groups in total. The summed E-state index contributed by atoms with van der Waals surface area (Å²) in [6.07, 6.45) is 3.23. The van der Waals surface area contributed by atoms with Crippen LogP contribution >= 0.6 is 0 Å². The normalized spacial score (nSPS) is 25.7. The van der Waals surface area contributed by atoms with E-state index in [2.05, 4.69) is 25.7 Å². The number of hydrogen-bond donors (Lipinski definition) is 0. The monoisotopic (exact) mass is 378 g/mol. The van der Waals surface area contributed by atoms with Crippen LogP contribution in [-0.2, 0) is 14.6 Å². The van der Waals surface area contributed by atoms with Crippen LogP contribution in [0.5, 0.6) is 0 Å². The highest BCUT2D eigenvalue weighted by Crippen LogP contribution is 2.32. The summed E-state index contributed by atoms with van der Waals surface area (Å²) in [5.41, 5.74) is 2.04. The fourth-order valence-electron chi connectivity index (χ4n) is 4.12. The molecule has 2 saturated heterocycles. The SMILES string of the molecule is CCCCCN1CC(=O)N(c2ccc(C(C)C)cc2)[C@@H]2CS(=O)(=O)C[C@@H]21. The van der Waals surface area contributed by atoms with Gasteiger partial charge in [-0.05, 0) is 36.6 Å². The molecule has 6 heteroatoms. The van der Waals surface area contributed by atoms with Gasteiger partial charge in [-0.15, -0.1) is 0 Å². The van der Waals surface area contributed by atoms with Gasteiger partial charge in [0.05, 0.1) is 24.1 Å². The highest BCUT2D eigenvalue weighted by atomic mass is 32.2. The first-order valence-electron chi connectivity index (χ1n) is 9.69. The molecule has 2 fully saturated rings. The molecule has 2 heterocycles. The Kier molecular flexibility index (Phi) is 5.72. The molecule has 0 radical (unpaired) electrons. The molecule has 26 heavy (non-hydrogen) atoms. The first-order chi connectivity index (χ1) is 12.3. The Bertz CT molecular complexity index is 743. The van der Waals surface area contributed by atoms with Crippen LogP contribution in [0.3, 0.4) is 0 Å². The van der Waals surface area contributed by atoms with E-state index in [1.807, 2.05) is 24.3 Å². The maximum Gasteiger partial charge on any atom is 0.241 e. The molecule has 3 rings (SSSR count). The van der Waals surface area contributed by atoms with Crippen LogP contribution < -0.4 is 4.90 Å². The number of carbonyl (C=O) groups is 1. The maximum atomic E-state index is 12.9. The number of benzene rings is 1. The molecule has 0 aromatic heterocycles. The molecule has 0 aliphatic carbocycles. The number of piperazine rings is 1. The average molecular weight is 379 g/mol. The minimum Gasteiger partial charge on any atom is -0.306 e. The van der Waals surface area contributed by atoms with Crippen LogP contribution in [0.4, 0.5) is 5.69 Å². The van der Waals surface area contributed by atoms with Crippen molar-refractivity contribution >= 4 is 21.4 Å². The smallest absolute Gasteiger partial charge is 0.241 e. The summed E-state index contributed by atoms with van der Waals surface area (Å²) in [7, 11) is -3.11. The number of unbranched alkanes of at least 4 members (excludes halogenated alkanes) is 2. The van der Waals surface area contributed by atoms with Crippen LogP contribution in [0, 0.1) is 0 Å². The van der Waals surface area contributed by atoms with Gasteiger partial charge in [0.25, 0.3) is 0 Å². The van der Waals surface area contributed by atoms with Crippen molar-refractivity contribution in [2.24, 2.45) is 0 Å². The van der Waals surface area contributed by atoms with Crippen molar-refractivity contribution < 1.29 is 13.2 Å². The molecule has 1 aromatic rings. The van der Waals surface area contributed by atoms with Crippen LogP contribution in [0.2, 0.25) is 0 Å². The second kappa shape index (κ2) is 7.69. The summed E-state index contributed by atoms with van der Waals surface area (Å²) < 4.78 is 24.7. The van der Waals surface area contributed by atoms with Crippen molar-refractivity contribution in [2.75, 3.05) is 29.5 Å². The summed E-state index contributed by atoms with van der Waals surface area (Å²) in [6.45, 7) is 7.53. The predicted octanol–water partition coefficient (Wildman–Crippen LogP) is 2.81. The van der Waals surface area contributed by atoms with E-state index < -0.39 is 9.84 Å². The van der Waals surface area contributed by atoms with Crippen LogP contribution in [0.1, 0.15) is 51.5 Å². The van der Waals surface area contributed by atoms with Gasteiger partial charge in [0, 0.05) is 11.7 Å². The Labute approximate surface area is 157 Å². The molecule has 2 aliphatic heterocycles. The second-order valence-electron chi connectivity index (χ2n) is 7.90. The highest BCUT2D eigenvalue weighted by molar-refractivity contribution is 7.91. The van der Waals surface area contributed by atoms with Gasteiger partial charge in [0.15, 0.2) is 9.84 Å². The van der Waals surface area contributed by atoms with E-state index in [0.717, 1.165) is 31.5 Å². The predicted molar refractivity (Wildman–Crippen MR) is 105 cm³/mol. The lowest BCUT2D eigenvalue weighted by atomic mass is 10.00. The molecule has 1 amide bonds. The molecule has 0 bridgehead atoms. The molecule has 144 valence electrons. The number of fused-ring (bicyclic) bond motifs is 1. The molecule has 0 saturated carbocycles. The molecular formula is C20H30N2O3S. The lowest BCUT2D eigenvalue weighted by Crippen LogP contribution is -2.62. The van der Waals surface area contributed by atoms with Crippen molar-refractivity contribution in [2.45, 2.75) is 58.0 Å². The van der Waals surface area contributed by atoms with E-state index in [9.17, 15) is 13.2 Å². The highest BCUT2D eigenvalue weighted by Gasteiger charge is 2.49. The van der Waals surface area contributed by atoms with E-state index >= 15 is 0 Å². The molecule has 2 atom stereocenters. The van der Waals surface area contributed by atoms with E-state index in [1.54, 1.807) is 4.90 Å². The molecule has 1 aromatic carbocycles. The lowest BCUT2D eigenvalue weighted by molar-refractivity contribution is -0.123. The van der Waals surface area contributed by atoms with Gasteiger partial charge in [0.1, 0.15) is 0 Å². The number of anilines is 1. The number of rotatable bonds is 6. The maximum absolute atomic E-state index is 12.9. The fraction of sp³-hybridized carbons (Fsp3) is 0.650. The zero-order chi connectivity index (χ0) is 18.9. The molecule has 0 spiro atoms. The van der Waals surface area contributed by atoms with Gasteiger partial charge in [0.2, 0.25) is 5.91 Å². The van der Waals surface area contributed by atoms with Crippen LogP contribution in [-0.4, -0.2) is 55.9 Å². The van der Waals surface area contributed by atoms with E-state index in [4.69, 9.17) is 0 Å². The average Bonchev–Trinajstić information content (AvgIpc) is 2.90. The summed E-state index contributed by atoms with van der Waals surface area (Å²) in [5.74, 6) is 0.670. The van der Waals surface area contributed by atoms with Crippen molar-refractivity contribution in [3.05, 3.63) is 29.8 Å². The standard InChI is InChI=1S/C20H30N2O3S/c1-4-5-6-11-21-12-20(23)22(19-14-26(24,25)13-18(19)21)17-9-7-16(8-10-17)15(2)3/h7-10,15,18-19H,4-6,11-14H2,1-3H3/t18-,19+/m0/s1. The number of amides is 1. The van der Waals surface area contributed by atoms with Gasteiger partial charge in [-0.1, -0.05) is 45.7 Å². The van der Waals surface area contributed by atoms with Gasteiger partial charge < -0.3 is 4.90 Å². The third-order valence-electron chi connectivity index (χ3n) is 5.59. The van der Waals surface area contributed by atoms with Crippen LogP contribution in [0.25, 0.3) is 0 Å². The Morgan fingerprint density at radius 2 is 1.73 bits per heavy atom. The van der Waals surface area contributed by atoms with Gasteiger partial charge in [-0.2, -0.15) is 0 Å². The Hall–Kier alpha value is -1.40. The lowest BCUT2D eigenvalue weighted by Gasteiger charge is -2.43. The Morgan fingerprint density at radius 3 is 2.35 bits per heavy atom. The molecule has 0 unspecified atom stereocenters. The summed E-state index contributed by atoms with van der Waals surface area (Å²) in [5, 5.41) is 0. The van der Waals surface area contributed by atoms with Crippen LogP contribution in [0.15, 0.2) is 24.3 Å². The first-order valence-corrected chi connectivity index (χ1v) is 11.5. The minimum atomic E-state index is -3.11. The van der Waals surface area contributed by atoms with Crippen molar-refractivity contribution in [3.8, 4) is 0 Å². The number of sulfone groups is 1. The van der Waals surface area contributed by atoms with Crippen molar-refractivity contribution in [1.29, 1.82) is 0 Å². The zero-order valence-electron chi connectivity index (χ0n) is 16.0. The summed E-state index contributed by atoms with van der Waals surface area (Å²) in [4.78, 5) is 16.7. The van der Waals surface area contributed by atoms with Crippen molar-refractivity contribution in [1.82, 2.24) is 4.90 Å². The largest absolute Gasteiger partial charge is 0.306 e. The first kappa shape index (κ1) is 19.4. The van der Waals surface area contributed by atoms with Gasteiger partial charge in [-0.25, -0.2) is 8.42 Å². The summed E-state index contributed by atoms with van der Waals surface area (Å²) in [6, 6.07) is 7.65. The number of carbonyl (C=O) groups excluding carboxylic acids is 1. The number of hydrogen-bond acceptors (Lipinski definition) is 4. The minimum absolute atomic E-state index is 0.0112. The zero-order valence-corrected chi connectivity index (χ0v) is 16.8. The van der Waals surface area contributed by atoms with Crippen molar-refractivity contribution in [3.63, 3.8) is 0 Å².